The second-order valence-corrected chi connectivity index (χ2v) is 7.84. The topological polar surface area (TPSA) is 42.0 Å². The molecule has 1 heterocycles. The predicted molar refractivity (Wildman–Crippen MR) is 81.7 cm³/mol. The SMILES string of the molecule is Cc1csc(SC(C)C(=O)NC2CCCCC2C)n1. The number of nitrogens with one attached hydrogen (secondary N) is 1. The lowest BCUT2D eigenvalue weighted by Crippen LogP contribution is -2.44. The van der Waals surface area contributed by atoms with Crippen molar-refractivity contribution in [1.82, 2.24) is 10.3 Å². The van der Waals surface area contributed by atoms with Crippen molar-refractivity contribution in [1.29, 1.82) is 0 Å². The maximum Gasteiger partial charge on any atom is 0.233 e. The Morgan fingerprint density at radius 1 is 1.53 bits per heavy atom. The molecule has 1 saturated carbocycles. The van der Waals surface area contributed by atoms with E-state index in [2.05, 4.69) is 17.2 Å². The van der Waals surface area contributed by atoms with Crippen LogP contribution in [0, 0.1) is 12.8 Å². The molecule has 106 valence electrons. The standard InChI is InChI=1S/C14H22N2OS2/c1-9-6-4-5-7-12(9)16-13(17)11(3)19-14-15-10(2)8-18-14/h8-9,11-12H,4-7H2,1-3H3,(H,16,17). The van der Waals surface area contributed by atoms with Gasteiger partial charge in [-0.3, -0.25) is 4.79 Å². The Hall–Kier alpha value is -0.550. The number of thioether (sulfide) groups is 1. The van der Waals surface area contributed by atoms with Gasteiger partial charge >= 0.3 is 0 Å². The first kappa shape index (κ1) is 14.9. The minimum absolute atomic E-state index is 0.0697. The van der Waals surface area contributed by atoms with Crippen molar-refractivity contribution >= 4 is 29.0 Å². The van der Waals surface area contributed by atoms with Crippen LogP contribution < -0.4 is 5.32 Å². The average molecular weight is 298 g/mol. The van der Waals surface area contributed by atoms with E-state index >= 15 is 0 Å². The van der Waals surface area contributed by atoms with E-state index < -0.39 is 0 Å². The van der Waals surface area contributed by atoms with E-state index in [0.29, 0.717) is 12.0 Å². The van der Waals surface area contributed by atoms with Crippen molar-refractivity contribution in [2.75, 3.05) is 0 Å². The van der Waals surface area contributed by atoms with Crippen LogP contribution in [-0.2, 0) is 4.79 Å². The second kappa shape index (κ2) is 6.75. The maximum atomic E-state index is 12.2. The van der Waals surface area contributed by atoms with Gasteiger partial charge in [0, 0.05) is 17.1 Å². The predicted octanol–water partition coefficient (Wildman–Crippen LogP) is 3.63. The minimum atomic E-state index is -0.0697. The van der Waals surface area contributed by atoms with Crippen LogP contribution in [0.3, 0.4) is 0 Å². The van der Waals surface area contributed by atoms with Gasteiger partial charge < -0.3 is 5.32 Å². The summed E-state index contributed by atoms with van der Waals surface area (Å²) in [4.78, 5) is 16.6. The van der Waals surface area contributed by atoms with E-state index in [1.54, 1.807) is 23.1 Å². The van der Waals surface area contributed by atoms with Crippen molar-refractivity contribution in [2.45, 2.75) is 62.1 Å². The summed E-state index contributed by atoms with van der Waals surface area (Å²) in [5.41, 5.74) is 1.03. The molecule has 1 fully saturated rings. The zero-order chi connectivity index (χ0) is 13.8. The lowest BCUT2D eigenvalue weighted by atomic mass is 9.86. The van der Waals surface area contributed by atoms with Crippen molar-refractivity contribution < 1.29 is 4.79 Å². The average Bonchev–Trinajstić information content (AvgIpc) is 2.77. The Morgan fingerprint density at radius 3 is 2.89 bits per heavy atom. The molecule has 0 aliphatic heterocycles. The molecule has 1 amide bonds. The zero-order valence-corrected chi connectivity index (χ0v) is 13.4. The molecule has 0 aromatic carbocycles. The van der Waals surface area contributed by atoms with E-state index in [0.717, 1.165) is 16.5 Å². The van der Waals surface area contributed by atoms with Gasteiger partial charge in [-0.25, -0.2) is 4.98 Å². The third-order valence-corrected chi connectivity index (χ3v) is 5.87. The molecule has 1 aliphatic rings. The number of nitrogens with zero attached hydrogens (tertiary/aromatic N) is 1. The quantitative estimate of drug-likeness (QED) is 0.863. The van der Waals surface area contributed by atoms with E-state index in [9.17, 15) is 4.79 Å². The van der Waals surface area contributed by atoms with E-state index in [1.165, 1.54) is 19.3 Å². The first-order valence-electron chi connectivity index (χ1n) is 6.95. The van der Waals surface area contributed by atoms with Gasteiger partial charge in [0.05, 0.1) is 5.25 Å². The molecule has 1 aliphatic carbocycles. The summed E-state index contributed by atoms with van der Waals surface area (Å²) in [6.45, 7) is 6.19. The largest absolute Gasteiger partial charge is 0.352 e. The van der Waals surface area contributed by atoms with Crippen LogP contribution in [0.5, 0.6) is 0 Å². The lowest BCUT2D eigenvalue weighted by Gasteiger charge is -2.30. The van der Waals surface area contributed by atoms with Gasteiger partial charge in [0.15, 0.2) is 4.34 Å². The highest BCUT2D eigenvalue weighted by Gasteiger charge is 2.25. The Balaban J connectivity index is 1.85. The van der Waals surface area contributed by atoms with Gasteiger partial charge in [0.25, 0.3) is 0 Å². The number of carbonyl (C=O) groups excluding carboxylic acids is 1. The van der Waals surface area contributed by atoms with Crippen LogP contribution in [0.2, 0.25) is 0 Å². The zero-order valence-electron chi connectivity index (χ0n) is 11.8. The van der Waals surface area contributed by atoms with Crippen molar-refractivity contribution in [2.24, 2.45) is 5.92 Å². The molecule has 19 heavy (non-hydrogen) atoms. The Kier molecular flexibility index (Phi) is 5.28. The number of aromatic nitrogens is 1. The Bertz CT molecular complexity index is 433. The summed E-state index contributed by atoms with van der Waals surface area (Å²) in [7, 11) is 0. The molecule has 0 saturated heterocycles. The number of hydrogen-bond acceptors (Lipinski definition) is 4. The third kappa shape index (κ3) is 4.21. The maximum absolute atomic E-state index is 12.2. The van der Waals surface area contributed by atoms with E-state index in [1.807, 2.05) is 19.2 Å². The number of hydrogen-bond donors (Lipinski definition) is 1. The smallest absolute Gasteiger partial charge is 0.233 e. The highest BCUT2D eigenvalue weighted by Crippen LogP contribution is 2.28. The molecule has 1 aromatic heterocycles. The summed E-state index contributed by atoms with van der Waals surface area (Å²) < 4.78 is 0.983. The molecular formula is C14H22N2OS2. The Morgan fingerprint density at radius 2 is 2.26 bits per heavy atom. The second-order valence-electron chi connectivity index (χ2n) is 5.39. The molecular weight excluding hydrogens is 276 g/mol. The fourth-order valence-electron chi connectivity index (χ4n) is 2.42. The molecule has 0 spiro atoms. The number of amides is 1. The van der Waals surface area contributed by atoms with Gasteiger partial charge in [-0.1, -0.05) is 31.5 Å². The van der Waals surface area contributed by atoms with Gasteiger partial charge in [-0.15, -0.1) is 11.3 Å². The van der Waals surface area contributed by atoms with Gasteiger partial charge in [0.1, 0.15) is 0 Å². The molecule has 3 nitrogen and oxygen atoms in total. The Labute approximate surface area is 123 Å². The highest BCUT2D eigenvalue weighted by molar-refractivity contribution is 8.02. The molecule has 0 radical (unpaired) electrons. The number of aryl methyl sites for hydroxylation is 1. The fourth-order valence-corrected chi connectivity index (χ4v) is 4.42. The van der Waals surface area contributed by atoms with Crippen molar-refractivity contribution in [3.63, 3.8) is 0 Å². The minimum Gasteiger partial charge on any atom is -0.352 e. The first-order valence-corrected chi connectivity index (χ1v) is 8.71. The molecule has 3 unspecified atom stereocenters. The fraction of sp³-hybridized carbons (Fsp3) is 0.714. The van der Waals surface area contributed by atoms with Crippen LogP contribution >= 0.6 is 23.1 Å². The van der Waals surface area contributed by atoms with Crippen LogP contribution in [-0.4, -0.2) is 22.2 Å². The third-order valence-electron chi connectivity index (χ3n) is 3.68. The monoisotopic (exact) mass is 298 g/mol. The summed E-state index contributed by atoms with van der Waals surface area (Å²) >= 11 is 3.17. The van der Waals surface area contributed by atoms with Crippen LogP contribution in [0.4, 0.5) is 0 Å². The highest BCUT2D eigenvalue weighted by atomic mass is 32.2. The lowest BCUT2D eigenvalue weighted by molar-refractivity contribution is -0.121. The van der Waals surface area contributed by atoms with Crippen LogP contribution in [0.1, 0.15) is 45.2 Å². The molecule has 5 heteroatoms. The molecule has 0 bridgehead atoms. The first-order chi connectivity index (χ1) is 9.06. The van der Waals surface area contributed by atoms with E-state index in [-0.39, 0.29) is 11.2 Å². The summed E-state index contributed by atoms with van der Waals surface area (Å²) in [6.07, 6.45) is 4.90. The molecule has 3 atom stereocenters. The normalized spacial score (nSPS) is 25.0. The molecule has 2 rings (SSSR count). The van der Waals surface area contributed by atoms with Gasteiger partial charge in [0.2, 0.25) is 5.91 Å². The summed E-state index contributed by atoms with van der Waals surface area (Å²) in [5.74, 6) is 0.758. The summed E-state index contributed by atoms with van der Waals surface area (Å²) in [6, 6.07) is 0.363. The number of carbonyl (C=O) groups is 1. The van der Waals surface area contributed by atoms with Crippen molar-refractivity contribution in [3.05, 3.63) is 11.1 Å². The van der Waals surface area contributed by atoms with Crippen molar-refractivity contribution in [3.8, 4) is 0 Å². The van der Waals surface area contributed by atoms with Gasteiger partial charge in [-0.2, -0.15) is 0 Å². The van der Waals surface area contributed by atoms with E-state index in [4.69, 9.17) is 0 Å². The van der Waals surface area contributed by atoms with Crippen LogP contribution in [0.15, 0.2) is 9.72 Å². The number of rotatable bonds is 4. The summed E-state index contributed by atoms with van der Waals surface area (Å²) in [5, 5.41) is 5.17. The van der Waals surface area contributed by atoms with Gasteiger partial charge in [-0.05, 0) is 32.6 Å². The van der Waals surface area contributed by atoms with Crippen LogP contribution in [0.25, 0.3) is 0 Å². The molecule has 1 aromatic rings. The number of thiazole rings is 1. The molecule has 1 N–H and O–H groups in total.